The Morgan fingerprint density at radius 1 is 1.10 bits per heavy atom. The molecule has 3 aromatic rings. The normalized spacial score (nSPS) is 11.1. The van der Waals surface area contributed by atoms with Crippen LogP contribution in [0.2, 0.25) is 0 Å². The van der Waals surface area contributed by atoms with Crippen LogP contribution in [0, 0.1) is 6.92 Å². The van der Waals surface area contributed by atoms with Gasteiger partial charge in [-0.2, -0.15) is 5.10 Å². The minimum absolute atomic E-state index is 0.118. The van der Waals surface area contributed by atoms with Crippen molar-refractivity contribution in [3.05, 3.63) is 65.4 Å². The summed E-state index contributed by atoms with van der Waals surface area (Å²) in [5.41, 5.74) is 5.66. The molecule has 0 bridgehead atoms. The van der Waals surface area contributed by atoms with Crippen molar-refractivity contribution in [3.8, 4) is 5.75 Å². The van der Waals surface area contributed by atoms with Gasteiger partial charge in [0, 0.05) is 27.7 Å². The average molecular weight is 421 g/mol. The van der Waals surface area contributed by atoms with Crippen molar-refractivity contribution in [3.63, 3.8) is 0 Å². The van der Waals surface area contributed by atoms with Crippen molar-refractivity contribution in [2.24, 2.45) is 5.10 Å². The molecule has 162 valence electrons. The Labute approximate surface area is 181 Å². The lowest BCUT2D eigenvalue weighted by molar-refractivity contribution is -0.143. The van der Waals surface area contributed by atoms with Gasteiger partial charge in [-0.3, -0.25) is 9.59 Å². The number of carbonyl (C=O) groups is 2. The van der Waals surface area contributed by atoms with Gasteiger partial charge in [-0.15, -0.1) is 0 Å². The van der Waals surface area contributed by atoms with Crippen LogP contribution in [0.5, 0.6) is 5.75 Å². The van der Waals surface area contributed by atoms with Gasteiger partial charge in [0.25, 0.3) is 5.91 Å². The fourth-order valence-electron chi connectivity index (χ4n) is 3.30. The monoisotopic (exact) mass is 421 g/mol. The van der Waals surface area contributed by atoms with Crippen LogP contribution in [0.25, 0.3) is 10.9 Å². The van der Waals surface area contributed by atoms with E-state index in [1.54, 1.807) is 37.4 Å². The second-order valence-electron chi connectivity index (χ2n) is 6.98. The van der Waals surface area contributed by atoms with E-state index < -0.39 is 0 Å². The highest BCUT2D eigenvalue weighted by atomic mass is 16.5. The van der Waals surface area contributed by atoms with Gasteiger partial charge < -0.3 is 14.0 Å². The quantitative estimate of drug-likeness (QED) is 0.321. The molecule has 0 radical (unpaired) electrons. The molecule has 0 saturated carbocycles. The summed E-state index contributed by atoms with van der Waals surface area (Å²) in [4.78, 5) is 24.4. The van der Waals surface area contributed by atoms with Crippen molar-refractivity contribution in [1.82, 2.24) is 9.99 Å². The molecule has 1 N–H and O–H groups in total. The molecule has 0 atom stereocenters. The van der Waals surface area contributed by atoms with E-state index in [4.69, 9.17) is 9.47 Å². The zero-order valence-corrected chi connectivity index (χ0v) is 18.1. The van der Waals surface area contributed by atoms with Crippen LogP contribution in [0.1, 0.15) is 41.9 Å². The fourth-order valence-corrected chi connectivity index (χ4v) is 3.30. The van der Waals surface area contributed by atoms with Crippen LogP contribution in [-0.4, -0.2) is 35.9 Å². The Morgan fingerprint density at radius 2 is 1.84 bits per heavy atom. The maximum absolute atomic E-state index is 12.4. The third-order valence-corrected chi connectivity index (χ3v) is 4.82. The number of fused-ring (bicyclic) bond motifs is 1. The summed E-state index contributed by atoms with van der Waals surface area (Å²) in [7, 11) is 0. The maximum atomic E-state index is 12.4. The standard InChI is InChI=1S/C24H27N3O4/c1-4-14-31-19-12-10-18(11-13-19)24(29)26-25-15-21-17(3)27(16-23(28)30-5-2)22-9-7-6-8-20(21)22/h6-13,15H,4-5,14,16H2,1-3H3,(H,26,29)/b25-15+. The molecule has 0 fully saturated rings. The van der Waals surface area contributed by atoms with Gasteiger partial charge >= 0.3 is 5.97 Å². The lowest BCUT2D eigenvalue weighted by Gasteiger charge is -2.07. The minimum atomic E-state index is -0.314. The zero-order valence-electron chi connectivity index (χ0n) is 18.1. The molecule has 3 rings (SSSR count). The van der Waals surface area contributed by atoms with Crippen LogP contribution in [0.3, 0.4) is 0 Å². The first-order valence-electron chi connectivity index (χ1n) is 10.3. The minimum Gasteiger partial charge on any atom is -0.494 e. The number of amides is 1. The van der Waals surface area contributed by atoms with E-state index in [9.17, 15) is 9.59 Å². The summed E-state index contributed by atoms with van der Waals surface area (Å²) in [5.74, 6) is 0.118. The molecule has 0 aliphatic rings. The number of para-hydroxylation sites is 1. The van der Waals surface area contributed by atoms with E-state index in [2.05, 4.69) is 10.5 Å². The molecule has 7 nitrogen and oxygen atoms in total. The van der Waals surface area contributed by atoms with E-state index in [1.807, 2.05) is 42.7 Å². The molecular formula is C24H27N3O4. The predicted octanol–water partition coefficient (Wildman–Crippen LogP) is 4.07. The van der Waals surface area contributed by atoms with E-state index in [-0.39, 0.29) is 18.4 Å². The fraction of sp³-hybridized carbons (Fsp3) is 0.292. The van der Waals surface area contributed by atoms with E-state index in [1.165, 1.54) is 0 Å². The lowest BCUT2D eigenvalue weighted by Crippen LogP contribution is -2.17. The van der Waals surface area contributed by atoms with Gasteiger partial charge in [-0.1, -0.05) is 25.1 Å². The Hall–Kier alpha value is -3.61. The molecule has 1 aromatic heterocycles. The van der Waals surface area contributed by atoms with Gasteiger partial charge in [0.1, 0.15) is 12.3 Å². The number of esters is 1. The topological polar surface area (TPSA) is 81.9 Å². The Bertz CT molecular complexity index is 1080. The largest absolute Gasteiger partial charge is 0.494 e. The molecule has 0 aliphatic carbocycles. The van der Waals surface area contributed by atoms with E-state index in [0.717, 1.165) is 34.3 Å². The number of ether oxygens (including phenoxy) is 2. The van der Waals surface area contributed by atoms with Gasteiger partial charge in [0.15, 0.2) is 0 Å². The maximum Gasteiger partial charge on any atom is 0.325 e. The highest BCUT2D eigenvalue weighted by molar-refractivity contribution is 6.02. The number of hydrogen-bond donors (Lipinski definition) is 1. The molecule has 0 unspecified atom stereocenters. The number of aromatic nitrogens is 1. The van der Waals surface area contributed by atoms with Crippen molar-refractivity contribution < 1.29 is 19.1 Å². The zero-order chi connectivity index (χ0) is 22.2. The first kappa shape index (κ1) is 22.1. The van der Waals surface area contributed by atoms with Crippen molar-refractivity contribution >= 4 is 29.0 Å². The molecule has 1 heterocycles. The molecule has 0 saturated heterocycles. The molecular weight excluding hydrogens is 394 g/mol. The van der Waals surface area contributed by atoms with Gasteiger partial charge in [-0.05, 0) is 50.6 Å². The number of hydrogen-bond acceptors (Lipinski definition) is 5. The number of benzene rings is 2. The molecule has 2 aromatic carbocycles. The first-order chi connectivity index (χ1) is 15.0. The van der Waals surface area contributed by atoms with Gasteiger partial charge in [0.2, 0.25) is 0 Å². The van der Waals surface area contributed by atoms with Crippen LogP contribution in [0.4, 0.5) is 0 Å². The van der Waals surface area contributed by atoms with Crippen molar-refractivity contribution in [2.75, 3.05) is 13.2 Å². The summed E-state index contributed by atoms with van der Waals surface area (Å²) in [5, 5.41) is 5.09. The number of rotatable bonds is 9. The van der Waals surface area contributed by atoms with Crippen LogP contribution in [-0.2, 0) is 16.1 Å². The second kappa shape index (κ2) is 10.4. The number of nitrogens with zero attached hydrogens (tertiary/aromatic N) is 2. The highest BCUT2D eigenvalue weighted by Crippen LogP contribution is 2.24. The molecule has 7 heteroatoms. The Balaban J connectivity index is 1.76. The molecule has 1 amide bonds. The summed E-state index contributed by atoms with van der Waals surface area (Å²) in [6.45, 7) is 6.83. The summed E-state index contributed by atoms with van der Waals surface area (Å²) >= 11 is 0. The third kappa shape index (κ3) is 5.31. The van der Waals surface area contributed by atoms with Crippen LogP contribution < -0.4 is 10.2 Å². The Kier molecular flexibility index (Phi) is 7.43. The number of hydrazone groups is 1. The average Bonchev–Trinajstić information content (AvgIpc) is 3.04. The predicted molar refractivity (Wildman–Crippen MR) is 121 cm³/mol. The number of nitrogens with one attached hydrogen (secondary N) is 1. The van der Waals surface area contributed by atoms with Crippen molar-refractivity contribution in [2.45, 2.75) is 33.7 Å². The van der Waals surface area contributed by atoms with E-state index >= 15 is 0 Å². The smallest absolute Gasteiger partial charge is 0.325 e. The highest BCUT2D eigenvalue weighted by Gasteiger charge is 2.15. The first-order valence-corrected chi connectivity index (χ1v) is 10.3. The SMILES string of the molecule is CCCOc1ccc(C(=O)N/N=C/c2c(C)n(CC(=O)OCC)c3ccccc23)cc1. The number of carbonyl (C=O) groups excluding carboxylic acids is 2. The summed E-state index contributed by atoms with van der Waals surface area (Å²) < 4.78 is 12.5. The van der Waals surface area contributed by atoms with E-state index in [0.29, 0.717) is 18.8 Å². The lowest BCUT2D eigenvalue weighted by atomic mass is 10.1. The summed E-state index contributed by atoms with van der Waals surface area (Å²) in [6.07, 6.45) is 2.53. The second-order valence-corrected chi connectivity index (χ2v) is 6.98. The Morgan fingerprint density at radius 3 is 2.55 bits per heavy atom. The van der Waals surface area contributed by atoms with Gasteiger partial charge in [-0.25, -0.2) is 5.43 Å². The molecule has 31 heavy (non-hydrogen) atoms. The van der Waals surface area contributed by atoms with Crippen LogP contribution in [0.15, 0.2) is 53.6 Å². The van der Waals surface area contributed by atoms with Crippen LogP contribution >= 0.6 is 0 Å². The molecule has 0 spiro atoms. The molecule has 0 aliphatic heterocycles. The summed E-state index contributed by atoms with van der Waals surface area (Å²) in [6, 6.07) is 14.7. The van der Waals surface area contributed by atoms with Gasteiger partial charge in [0.05, 0.1) is 19.4 Å². The van der Waals surface area contributed by atoms with Crippen molar-refractivity contribution in [1.29, 1.82) is 0 Å². The third-order valence-electron chi connectivity index (χ3n) is 4.82.